The van der Waals surface area contributed by atoms with Gasteiger partial charge in [-0.3, -0.25) is 4.79 Å². The highest BCUT2D eigenvalue weighted by molar-refractivity contribution is 5.92. The lowest BCUT2D eigenvalue weighted by atomic mass is 9.55. The van der Waals surface area contributed by atoms with Crippen LogP contribution >= 0.6 is 0 Å². The largest absolute Gasteiger partial charge is 0.508 e. The zero-order chi connectivity index (χ0) is 25.2. The zero-order valence-electron chi connectivity index (χ0n) is 21.4. The molecule has 0 radical (unpaired) electrons. The van der Waals surface area contributed by atoms with Crippen molar-refractivity contribution in [3.63, 3.8) is 0 Å². The lowest BCUT2D eigenvalue weighted by molar-refractivity contribution is -0.150. The lowest BCUT2D eigenvalue weighted by Crippen LogP contribution is -2.68. The topological polar surface area (TPSA) is 71.0 Å². The number of carbonyl (C=O) groups is 1. The number of carbonyl (C=O) groups excluding carboxylic acids is 1. The highest BCUT2D eigenvalue weighted by Crippen LogP contribution is 2.54. The maximum atomic E-state index is 12.9. The Bertz CT molecular complexity index is 1110. The van der Waals surface area contributed by atoms with E-state index in [1.165, 1.54) is 12.8 Å². The minimum Gasteiger partial charge on any atom is -0.508 e. The number of ether oxygens (including phenoxy) is 2. The van der Waals surface area contributed by atoms with Crippen LogP contribution in [0.3, 0.4) is 0 Å². The number of rotatable bonds is 8. The number of nitrogens with one attached hydrogen (secondary N) is 1. The number of nitrogens with zero attached hydrogens (tertiary/aromatic N) is 1. The van der Waals surface area contributed by atoms with E-state index in [0.29, 0.717) is 0 Å². The van der Waals surface area contributed by atoms with Crippen molar-refractivity contribution in [3.05, 3.63) is 65.7 Å². The zero-order valence-corrected chi connectivity index (χ0v) is 21.4. The SMILES string of the molecule is COc1cccc(/C=C/C(=O)NC2CCC3(OC)CN(CC4CC4)CCC3(c3cccc(O)c3)C2)c1. The summed E-state index contributed by atoms with van der Waals surface area (Å²) >= 11 is 0. The number of phenols is 1. The first kappa shape index (κ1) is 24.8. The molecule has 2 aliphatic carbocycles. The van der Waals surface area contributed by atoms with Crippen LogP contribution in [0, 0.1) is 5.92 Å². The van der Waals surface area contributed by atoms with E-state index in [4.69, 9.17) is 9.47 Å². The first-order valence-electron chi connectivity index (χ1n) is 13.1. The van der Waals surface area contributed by atoms with Gasteiger partial charge in [-0.05, 0) is 92.5 Å². The number of benzene rings is 2. The second-order valence-corrected chi connectivity index (χ2v) is 10.8. The molecule has 3 unspecified atom stereocenters. The Morgan fingerprint density at radius 3 is 2.72 bits per heavy atom. The van der Waals surface area contributed by atoms with E-state index in [1.807, 2.05) is 49.6 Å². The van der Waals surface area contributed by atoms with E-state index in [9.17, 15) is 9.90 Å². The van der Waals surface area contributed by atoms with Crippen molar-refractivity contribution in [2.45, 2.75) is 55.6 Å². The lowest BCUT2D eigenvalue weighted by Gasteiger charge is -2.60. The Morgan fingerprint density at radius 2 is 1.97 bits per heavy atom. The molecule has 2 aromatic rings. The molecular formula is C30H38N2O4. The van der Waals surface area contributed by atoms with Crippen LogP contribution in [0.15, 0.2) is 54.6 Å². The van der Waals surface area contributed by atoms with Crippen molar-refractivity contribution in [3.8, 4) is 11.5 Å². The molecular weight excluding hydrogens is 452 g/mol. The number of hydrogen-bond acceptors (Lipinski definition) is 5. The summed E-state index contributed by atoms with van der Waals surface area (Å²) in [5.41, 5.74) is 1.42. The van der Waals surface area contributed by atoms with Gasteiger partial charge in [-0.25, -0.2) is 0 Å². The highest BCUT2D eigenvalue weighted by Gasteiger charge is 2.59. The van der Waals surface area contributed by atoms with E-state index in [1.54, 1.807) is 19.3 Å². The molecule has 0 spiro atoms. The summed E-state index contributed by atoms with van der Waals surface area (Å²) in [6, 6.07) is 15.4. The van der Waals surface area contributed by atoms with Crippen LogP contribution in [-0.2, 0) is 14.9 Å². The van der Waals surface area contributed by atoms with E-state index in [-0.39, 0.29) is 28.7 Å². The standard InChI is InChI=1S/C30H38N2O4/c1-35-27-8-3-5-22(17-27)11-12-28(34)31-25-13-14-30(36-2)21-32(20-23-9-10-23)16-15-29(30,19-25)24-6-4-7-26(33)18-24/h3-8,11-12,17-18,23,25,33H,9-10,13-16,19-21H2,1-2H3,(H,31,34)/b12-11+. The average Bonchev–Trinajstić information content (AvgIpc) is 3.71. The summed E-state index contributed by atoms with van der Waals surface area (Å²) in [7, 11) is 3.48. The van der Waals surface area contributed by atoms with Gasteiger partial charge >= 0.3 is 0 Å². The molecule has 1 heterocycles. The maximum absolute atomic E-state index is 12.9. The maximum Gasteiger partial charge on any atom is 0.244 e. The van der Waals surface area contributed by atoms with Crippen molar-refractivity contribution in [2.24, 2.45) is 5.92 Å². The van der Waals surface area contributed by atoms with Gasteiger partial charge in [-0.1, -0.05) is 24.3 Å². The molecule has 0 aromatic heterocycles. The molecule has 5 rings (SSSR count). The fraction of sp³-hybridized carbons (Fsp3) is 0.500. The van der Waals surface area contributed by atoms with Crippen molar-refractivity contribution in [2.75, 3.05) is 33.9 Å². The molecule has 6 nitrogen and oxygen atoms in total. The molecule has 192 valence electrons. The normalized spacial score (nSPS) is 28.6. The summed E-state index contributed by atoms with van der Waals surface area (Å²) in [4.78, 5) is 15.5. The van der Waals surface area contributed by atoms with Gasteiger partial charge < -0.3 is 24.8 Å². The Hall–Kier alpha value is -2.83. The Kier molecular flexibility index (Phi) is 7.09. The van der Waals surface area contributed by atoms with Crippen LogP contribution in [0.4, 0.5) is 0 Å². The van der Waals surface area contributed by atoms with Crippen molar-refractivity contribution >= 4 is 12.0 Å². The molecule has 3 atom stereocenters. The van der Waals surface area contributed by atoms with Crippen LogP contribution < -0.4 is 10.1 Å². The smallest absolute Gasteiger partial charge is 0.244 e. The summed E-state index contributed by atoms with van der Waals surface area (Å²) in [5.74, 6) is 1.78. The third-order valence-electron chi connectivity index (χ3n) is 8.57. The van der Waals surface area contributed by atoms with Gasteiger partial charge in [0.05, 0.1) is 12.7 Å². The monoisotopic (exact) mass is 490 g/mol. The minimum absolute atomic E-state index is 0.0352. The molecule has 3 fully saturated rings. The first-order chi connectivity index (χ1) is 17.4. The average molecular weight is 491 g/mol. The van der Waals surface area contributed by atoms with E-state index in [2.05, 4.69) is 16.3 Å². The van der Waals surface area contributed by atoms with Gasteiger partial charge in [0, 0.05) is 37.7 Å². The number of amides is 1. The number of fused-ring (bicyclic) bond motifs is 1. The number of hydrogen-bond donors (Lipinski definition) is 2. The van der Waals surface area contributed by atoms with Crippen molar-refractivity contribution < 1.29 is 19.4 Å². The molecule has 1 aliphatic heterocycles. The van der Waals surface area contributed by atoms with Crippen LogP contribution in [-0.4, -0.2) is 61.4 Å². The first-order valence-corrected chi connectivity index (χ1v) is 13.1. The minimum atomic E-state index is -0.342. The molecule has 0 bridgehead atoms. The Morgan fingerprint density at radius 1 is 1.14 bits per heavy atom. The Balaban J connectivity index is 1.36. The summed E-state index contributed by atoms with van der Waals surface area (Å²) in [5, 5.41) is 13.6. The van der Waals surface area contributed by atoms with Crippen molar-refractivity contribution in [1.29, 1.82) is 0 Å². The molecule has 2 N–H and O–H groups in total. The molecule has 3 aliphatic rings. The third-order valence-corrected chi connectivity index (χ3v) is 8.57. The number of aromatic hydroxyl groups is 1. The quantitative estimate of drug-likeness (QED) is 0.533. The predicted molar refractivity (Wildman–Crippen MR) is 141 cm³/mol. The van der Waals surface area contributed by atoms with Gasteiger partial charge in [0.1, 0.15) is 11.5 Å². The van der Waals surface area contributed by atoms with Crippen LogP contribution in [0.5, 0.6) is 11.5 Å². The number of methoxy groups -OCH3 is 2. The molecule has 2 saturated carbocycles. The van der Waals surface area contributed by atoms with E-state index >= 15 is 0 Å². The second kappa shape index (κ2) is 10.3. The summed E-state index contributed by atoms with van der Waals surface area (Å²) in [6.07, 6.45) is 9.57. The van der Waals surface area contributed by atoms with Crippen molar-refractivity contribution in [1.82, 2.24) is 10.2 Å². The summed E-state index contributed by atoms with van der Waals surface area (Å²) < 4.78 is 11.7. The Labute approximate surface area is 214 Å². The fourth-order valence-electron chi connectivity index (χ4n) is 6.51. The summed E-state index contributed by atoms with van der Waals surface area (Å²) in [6.45, 7) is 3.05. The number of piperidine rings is 1. The fourth-order valence-corrected chi connectivity index (χ4v) is 6.51. The molecule has 1 amide bonds. The highest BCUT2D eigenvalue weighted by atomic mass is 16.5. The second-order valence-electron chi connectivity index (χ2n) is 10.8. The van der Waals surface area contributed by atoms with Crippen LogP contribution in [0.1, 0.15) is 49.7 Å². The van der Waals surface area contributed by atoms with Crippen LogP contribution in [0.25, 0.3) is 6.08 Å². The number of phenolic OH excluding ortho intramolecular Hbond substituents is 1. The molecule has 2 aromatic carbocycles. The molecule has 6 heteroatoms. The predicted octanol–water partition coefficient (Wildman–Crippen LogP) is 4.52. The number of likely N-dealkylation sites (tertiary alicyclic amines) is 1. The van der Waals surface area contributed by atoms with Crippen LogP contribution in [0.2, 0.25) is 0 Å². The third kappa shape index (κ3) is 5.02. The molecule has 1 saturated heterocycles. The van der Waals surface area contributed by atoms with Gasteiger partial charge in [0.15, 0.2) is 0 Å². The molecule has 36 heavy (non-hydrogen) atoms. The van der Waals surface area contributed by atoms with Gasteiger partial charge in [-0.15, -0.1) is 0 Å². The van der Waals surface area contributed by atoms with Gasteiger partial charge in [0.2, 0.25) is 5.91 Å². The van der Waals surface area contributed by atoms with Gasteiger partial charge in [0.25, 0.3) is 0 Å². The van der Waals surface area contributed by atoms with Gasteiger partial charge in [-0.2, -0.15) is 0 Å². The van der Waals surface area contributed by atoms with E-state index in [0.717, 1.165) is 68.1 Å². The van der Waals surface area contributed by atoms with E-state index < -0.39 is 0 Å².